The van der Waals surface area contributed by atoms with E-state index in [0.29, 0.717) is 11.1 Å². The number of nitriles is 1. The number of halogens is 4. The number of amides is 3. The van der Waals surface area contributed by atoms with Crippen molar-refractivity contribution in [2.45, 2.75) is 49.7 Å². The number of nitrogens with zero attached hydrogens (tertiary/aromatic N) is 5. The van der Waals surface area contributed by atoms with Crippen LogP contribution in [0, 0.1) is 17.1 Å². The molecule has 1 aliphatic carbocycles. The van der Waals surface area contributed by atoms with Gasteiger partial charge in [-0.05, 0) is 66.1 Å². The first-order chi connectivity index (χ1) is 22.5. The number of hydrogen-bond donors (Lipinski definition) is 1. The van der Waals surface area contributed by atoms with Crippen LogP contribution < -0.4 is 15.1 Å². The van der Waals surface area contributed by atoms with Crippen LogP contribution in [0.25, 0.3) is 11.1 Å². The molecule has 4 aromatic rings. The van der Waals surface area contributed by atoms with Gasteiger partial charge in [0.15, 0.2) is 0 Å². The largest absolute Gasteiger partial charge is 0.351 e. The Hall–Kier alpha value is -5.28. The molecule has 2 aliphatic rings. The summed E-state index contributed by atoms with van der Waals surface area (Å²) in [5.41, 5.74) is 1.24. The first kappa shape index (κ1) is 31.7. The van der Waals surface area contributed by atoms with Crippen LogP contribution >= 0.6 is 11.6 Å². The van der Waals surface area contributed by atoms with Gasteiger partial charge >= 0.3 is 0 Å². The lowest BCUT2D eigenvalue weighted by Gasteiger charge is -2.39. The SMILES string of the molecule is N#Cc1ccnc(N2C(=O)CC[C@H]2C(=O)N(c2cc(F)cc(-c3ccncc3)c2)[C@H](C(=O)NC2CC(F)(F)C2)c2ccccc2Cl)c1. The van der Waals surface area contributed by atoms with Gasteiger partial charge in [-0.25, -0.2) is 18.2 Å². The number of benzene rings is 2. The standard InChI is InChI=1S/C34H26ClF3N6O3/c35-27-4-2-1-3-26(27)31(32(46)42-24-17-34(37,38)18-24)43(25-15-22(14-23(36)16-25)21-8-10-40-11-9-21)33(47)28-5-6-30(45)44(28)29-13-20(19-39)7-12-41-29/h1-4,7-16,24,28,31H,5-6,17-18H2,(H,42,46)/t28-,31-/m0/s1. The second kappa shape index (κ2) is 12.8. The van der Waals surface area contributed by atoms with Gasteiger partial charge in [-0.1, -0.05) is 29.8 Å². The predicted molar refractivity (Wildman–Crippen MR) is 167 cm³/mol. The fraction of sp³-hybridized carbons (Fsp3) is 0.235. The lowest BCUT2D eigenvalue weighted by atomic mass is 9.87. The summed E-state index contributed by atoms with van der Waals surface area (Å²) in [5, 5.41) is 12.2. The summed E-state index contributed by atoms with van der Waals surface area (Å²) < 4.78 is 43.0. The van der Waals surface area contributed by atoms with Crippen LogP contribution in [0.15, 0.2) is 85.3 Å². The van der Waals surface area contributed by atoms with Gasteiger partial charge in [0.25, 0.3) is 11.8 Å². The molecule has 9 nitrogen and oxygen atoms in total. The maximum absolute atomic E-state index is 15.4. The van der Waals surface area contributed by atoms with Crippen LogP contribution in [0.3, 0.4) is 0 Å². The Morgan fingerprint density at radius 2 is 1.79 bits per heavy atom. The minimum atomic E-state index is -2.94. The average Bonchev–Trinajstić information content (AvgIpc) is 3.44. The molecule has 13 heteroatoms. The van der Waals surface area contributed by atoms with Gasteiger partial charge in [0.1, 0.15) is 23.7 Å². The van der Waals surface area contributed by atoms with E-state index in [1.54, 1.807) is 24.3 Å². The molecule has 0 unspecified atom stereocenters. The Morgan fingerprint density at radius 1 is 1.04 bits per heavy atom. The van der Waals surface area contributed by atoms with Crippen LogP contribution in [0.5, 0.6) is 0 Å². The quantitative estimate of drug-likeness (QED) is 0.248. The third kappa shape index (κ3) is 6.53. The molecular formula is C34H26ClF3N6O3. The number of pyridine rings is 2. The maximum Gasteiger partial charge on any atom is 0.252 e. The molecule has 3 amide bonds. The van der Waals surface area contributed by atoms with Crippen molar-refractivity contribution in [3.8, 4) is 17.2 Å². The number of carbonyl (C=O) groups is 3. The molecule has 1 aliphatic heterocycles. The minimum Gasteiger partial charge on any atom is -0.351 e. The van der Waals surface area contributed by atoms with Crippen molar-refractivity contribution in [1.29, 1.82) is 5.26 Å². The van der Waals surface area contributed by atoms with Crippen molar-refractivity contribution in [3.05, 3.63) is 107 Å². The van der Waals surface area contributed by atoms with Crippen molar-refractivity contribution in [2.75, 3.05) is 9.80 Å². The van der Waals surface area contributed by atoms with Crippen molar-refractivity contribution < 1.29 is 27.6 Å². The fourth-order valence-electron chi connectivity index (χ4n) is 5.95. The number of nitrogens with one attached hydrogen (secondary N) is 1. The van der Waals surface area contributed by atoms with E-state index in [2.05, 4.69) is 15.3 Å². The molecule has 2 aromatic heterocycles. The molecule has 0 spiro atoms. The smallest absolute Gasteiger partial charge is 0.252 e. The number of hydrogen-bond acceptors (Lipinski definition) is 6. The highest BCUT2D eigenvalue weighted by atomic mass is 35.5. The lowest BCUT2D eigenvalue weighted by molar-refractivity contribution is -0.133. The maximum atomic E-state index is 15.4. The molecule has 1 saturated heterocycles. The first-order valence-corrected chi connectivity index (χ1v) is 15.1. The van der Waals surface area contributed by atoms with Gasteiger partial charge in [0, 0.05) is 60.2 Å². The van der Waals surface area contributed by atoms with E-state index in [1.807, 2.05) is 6.07 Å². The highest BCUT2D eigenvalue weighted by Crippen LogP contribution is 2.40. The first-order valence-electron chi connectivity index (χ1n) is 14.7. The van der Waals surface area contributed by atoms with Crippen molar-refractivity contribution in [1.82, 2.24) is 15.3 Å². The number of carbonyl (C=O) groups excluding carboxylic acids is 3. The molecule has 2 fully saturated rings. The van der Waals surface area contributed by atoms with Gasteiger partial charge in [-0.2, -0.15) is 5.26 Å². The Kier molecular flexibility index (Phi) is 8.66. The topological polar surface area (TPSA) is 119 Å². The van der Waals surface area contributed by atoms with Crippen molar-refractivity contribution >= 4 is 40.8 Å². The zero-order valence-corrected chi connectivity index (χ0v) is 25.4. The number of alkyl halides is 2. The van der Waals surface area contributed by atoms with E-state index in [0.717, 1.165) is 15.9 Å². The van der Waals surface area contributed by atoms with E-state index in [4.69, 9.17) is 11.6 Å². The molecule has 2 aromatic carbocycles. The summed E-state index contributed by atoms with van der Waals surface area (Å²) in [4.78, 5) is 52.7. The number of anilines is 2. The van der Waals surface area contributed by atoms with Crippen molar-refractivity contribution in [3.63, 3.8) is 0 Å². The molecule has 238 valence electrons. The van der Waals surface area contributed by atoms with E-state index in [-0.39, 0.29) is 40.5 Å². The predicted octanol–water partition coefficient (Wildman–Crippen LogP) is 5.99. The molecule has 3 heterocycles. The molecule has 47 heavy (non-hydrogen) atoms. The molecular weight excluding hydrogens is 633 g/mol. The Bertz CT molecular complexity index is 1900. The van der Waals surface area contributed by atoms with Crippen LogP contribution in [-0.2, 0) is 14.4 Å². The van der Waals surface area contributed by atoms with Gasteiger partial charge in [-0.3, -0.25) is 29.2 Å². The summed E-state index contributed by atoms with van der Waals surface area (Å²) in [7, 11) is 0. The monoisotopic (exact) mass is 658 g/mol. The van der Waals surface area contributed by atoms with E-state index >= 15 is 4.39 Å². The zero-order chi connectivity index (χ0) is 33.3. The van der Waals surface area contributed by atoms with Gasteiger partial charge in [-0.15, -0.1) is 0 Å². The second-order valence-electron chi connectivity index (χ2n) is 11.4. The van der Waals surface area contributed by atoms with Gasteiger partial charge in [0.05, 0.1) is 11.6 Å². The highest BCUT2D eigenvalue weighted by molar-refractivity contribution is 6.31. The van der Waals surface area contributed by atoms with Crippen LogP contribution in [0.2, 0.25) is 5.02 Å². The molecule has 1 N–H and O–H groups in total. The highest BCUT2D eigenvalue weighted by Gasteiger charge is 2.48. The Morgan fingerprint density at radius 3 is 2.49 bits per heavy atom. The summed E-state index contributed by atoms with van der Waals surface area (Å²) in [6, 6.07) is 14.5. The Balaban J connectivity index is 1.51. The van der Waals surface area contributed by atoms with E-state index in [1.165, 1.54) is 55.0 Å². The van der Waals surface area contributed by atoms with Gasteiger partial charge < -0.3 is 5.32 Å². The molecule has 0 radical (unpaired) electrons. The summed E-state index contributed by atoms with van der Waals surface area (Å²) in [5.74, 6) is -5.65. The van der Waals surface area contributed by atoms with E-state index in [9.17, 15) is 28.4 Å². The Labute approximate surface area is 272 Å². The zero-order valence-electron chi connectivity index (χ0n) is 24.6. The fourth-order valence-corrected chi connectivity index (χ4v) is 6.19. The average molecular weight is 659 g/mol. The van der Waals surface area contributed by atoms with Crippen LogP contribution in [-0.4, -0.2) is 45.7 Å². The van der Waals surface area contributed by atoms with E-state index < -0.39 is 60.4 Å². The third-order valence-corrected chi connectivity index (χ3v) is 8.52. The lowest BCUT2D eigenvalue weighted by Crippen LogP contribution is -2.56. The normalized spacial score (nSPS) is 17.8. The molecule has 0 bridgehead atoms. The molecule has 1 saturated carbocycles. The second-order valence-corrected chi connectivity index (χ2v) is 11.8. The van der Waals surface area contributed by atoms with Crippen LogP contribution in [0.1, 0.15) is 42.9 Å². The number of rotatable bonds is 8. The van der Waals surface area contributed by atoms with Gasteiger partial charge in [0.2, 0.25) is 11.8 Å². The summed E-state index contributed by atoms with van der Waals surface area (Å²) in [6.45, 7) is 0. The van der Waals surface area contributed by atoms with Crippen LogP contribution in [0.4, 0.5) is 24.7 Å². The summed E-state index contributed by atoms with van der Waals surface area (Å²) in [6.07, 6.45) is 3.17. The molecule has 6 rings (SSSR count). The molecule has 2 atom stereocenters. The summed E-state index contributed by atoms with van der Waals surface area (Å²) >= 11 is 6.60. The minimum absolute atomic E-state index is 0.0187. The van der Waals surface area contributed by atoms with Crippen molar-refractivity contribution in [2.24, 2.45) is 0 Å². The third-order valence-electron chi connectivity index (χ3n) is 8.17. The number of aromatic nitrogens is 2.